The van der Waals surface area contributed by atoms with Crippen LogP contribution in [0, 0.1) is 0 Å². The molecule has 4 aromatic rings. The number of fused-ring (bicyclic) bond motifs is 1. The van der Waals surface area contributed by atoms with Gasteiger partial charge in [0, 0.05) is 35.2 Å². The van der Waals surface area contributed by atoms with Crippen LogP contribution in [0.3, 0.4) is 0 Å². The van der Waals surface area contributed by atoms with Crippen molar-refractivity contribution in [3.8, 4) is 0 Å². The van der Waals surface area contributed by atoms with Crippen LogP contribution in [0.2, 0.25) is 0 Å². The lowest BCUT2D eigenvalue weighted by Gasteiger charge is -2.33. The van der Waals surface area contributed by atoms with Crippen LogP contribution in [-0.2, 0) is 11.3 Å². The maximum absolute atomic E-state index is 14.1. The highest BCUT2D eigenvalue weighted by molar-refractivity contribution is 7.09. The standard InChI is InChI=1S/C28H30N6O3S/c29-22-23(26(30)35)33-38-25(22)28(37)34(16-17-9-3-1-4-10-17)24(27(36)32-18-11-5-2-6-12-18)20-15-31-21-14-8-7-13-19(20)21/h1,3-4,7-10,13-15,18,24,31H,2,5-6,11-12,16,29H2,(H2,30,35)(H,32,36). The first-order valence-corrected chi connectivity index (χ1v) is 13.5. The second-order valence-electron chi connectivity index (χ2n) is 9.59. The van der Waals surface area contributed by atoms with E-state index in [-0.39, 0.29) is 34.8 Å². The number of nitrogens with zero attached hydrogens (tertiary/aromatic N) is 2. The fourth-order valence-corrected chi connectivity index (χ4v) is 5.88. The summed E-state index contributed by atoms with van der Waals surface area (Å²) in [6.45, 7) is 0.144. The van der Waals surface area contributed by atoms with Crippen molar-refractivity contribution in [1.29, 1.82) is 0 Å². The maximum atomic E-state index is 14.1. The molecule has 6 N–H and O–H groups in total. The van der Waals surface area contributed by atoms with Crippen molar-refractivity contribution in [3.05, 3.63) is 82.5 Å². The van der Waals surface area contributed by atoms with E-state index in [1.807, 2.05) is 54.6 Å². The Labute approximate surface area is 224 Å². The fraction of sp³-hybridized carbons (Fsp3) is 0.286. The first-order chi connectivity index (χ1) is 18.4. The highest BCUT2D eigenvalue weighted by atomic mass is 32.1. The quantitative estimate of drug-likeness (QED) is 0.270. The van der Waals surface area contributed by atoms with Crippen molar-refractivity contribution < 1.29 is 14.4 Å². The minimum absolute atomic E-state index is 0.0487. The molecule has 196 valence electrons. The number of aromatic nitrogens is 2. The van der Waals surface area contributed by atoms with Gasteiger partial charge >= 0.3 is 0 Å². The first kappa shape index (κ1) is 25.5. The van der Waals surface area contributed by atoms with Crippen LogP contribution in [0.15, 0.2) is 60.8 Å². The third-order valence-corrected chi connectivity index (χ3v) is 7.89. The van der Waals surface area contributed by atoms with Crippen LogP contribution >= 0.6 is 11.5 Å². The number of H-pyrrole nitrogens is 1. The number of para-hydroxylation sites is 1. The van der Waals surface area contributed by atoms with Crippen molar-refractivity contribution in [2.75, 3.05) is 5.73 Å². The molecule has 5 rings (SSSR count). The van der Waals surface area contributed by atoms with Crippen molar-refractivity contribution in [2.45, 2.75) is 50.7 Å². The summed E-state index contributed by atoms with van der Waals surface area (Å²) in [6, 6.07) is 16.2. The number of hydrogen-bond acceptors (Lipinski definition) is 6. The molecule has 0 spiro atoms. The minimum atomic E-state index is -0.959. The van der Waals surface area contributed by atoms with Crippen LogP contribution in [-0.4, -0.2) is 38.0 Å². The first-order valence-electron chi connectivity index (χ1n) is 12.7. The maximum Gasteiger partial charge on any atom is 0.270 e. The summed E-state index contributed by atoms with van der Waals surface area (Å²) < 4.78 is 4.02. The molecule has 1 fully saturated rings. The van der Waals surface area contributed by atoms with E-state index < -0.39 is 17.9 Å². The molecule has 1 aliphatic rings. The molecule has 1 atom stereocenters. The fourth-order valence-electron chi connectivity index (χ4n) is 5.12. The second kappa shape index (κ2) is 11.1. The van der Waals surface area contributed by atoms with Gasteiger partial charge in [-0.1, -0.05) is 67.8 Å². The number of nitrogens with two attached hydrogens (primary N) is 2. The van der Waals surface area contributed by atoms with E-state index >= 15 is 0 Å². The van der Waals surface area contributed by atoms with Crippen molar-refractivity contribution in [2.24, 2.45) is 5.73 Å². The Hall–Kier alpha value is -4.18. The van der Waals surface area contributed by atoms with Crippen LogP contribution < -0.4 is 16.8 Å². The molecule has 0 aliphatic heterocycles. The molecule has 2 aromatic heterocycles. The van der Waals surface area contributed by atoms with E-state index in [1.54, 1.807) is 6.20 Å². The number of aromatic amines is 1. The lowest BCUT2D eigenvalue weighted by molar-refractivity contribution is -0.127. The van der Waals surface area contributed by atoms with Crippen LogP contribution in [0.1, 0.15) is 69.4 Å². The summed E-state index contributed by atoms with van der Waals surface area (Å²) in [6.07, 6.45) is 6.87. The lowest BCUT2D eigenvalue weighted by atomic mass is 9.94. The Bertz CT molecular complexity index is 1460. The van der Waals surface area contributed by atoms with Gasteiger partial charge in [-0.15, -0.1) is 0 Å². The van der Waals surface area contributed by atoms with Gasteiger partial charge in [-0.05, 0) is 36.0 Å². The summed E-state index contributed by atoms with van der Waals surface area (Å²) in [7, 11) is 0. The summed E-state index contributed by atoms with van der Waals surface area (Å²) in [5, 5.41) is 4.06. The second-order valence-corrected chi connectivity index (χ2v) is 10.4. The van der Waals surface area contributed by atoms with E-state index in [0.717, 1.165) is 60.1 Å². The molecular formula is C28H30N6O3S. The van der Waals surface area contributed by atoms with E-state index in [9.17, 15) is 14.4 Å². The smallest absolute Gasteiger partial charge is 0.270 e. The van der Waals surface area contributed by atoms with Gasteiger partial charge in [0.2, 0.25) is 5.91 Å². The zero-order valence-electron chi connectivity index (χ0n) is 20.9. The van der Waals surface area contributed by atoms with Gasteiger partial charge in [-0.2, -0.15) is 4.37 Å². The number of nitrogen functional groups attached to an aromatic ring is 1. The number of carbonyl (C=O) groups is 3. The van der Waals surface area contributed by atoms with E-state index in [1.165, 1.54) is 4.90 Å². The Morgan fingerprint density at radius 2 is 1.76 bits per heavy atom. The number of rotatable bonds is 8. The highest BCUT2D eigenvalue weighted by Crippen LogP contribution is 2.34. The number of carbonyl (C=O) groups excluding carboxylic acids is 3. The molecule has 2 heterocycles. The zero-order valence-corrected chi connectivity index (χ0v) is 21.7. The third kappa shape index (κ3) is 5.12. The number of primary amides is 1. The Balaban J connectivity index is 1.62. The Kier molecular flexibility index (Phi) is 7.41. The normalized spacial score (nSPS) is 14.7. The van der Waals surface area contributed by atoms with Crippen molar-refractivity contribution >= 4 is 45.8 Å². The molecule has 9 nitrogen and oxygen atoms in total. The topological polar surface area (TPSA) is 147 Å². The monoisotopic (exact) mass is 530 g/mol. The third-order valence-electron chi connectivity index (χ3n) is 7.04. The molecular weight excluding hydrogens is 500 g/mol. The molecule has 1 saturated carbocycles. The van der Waals surface area contributed by atoms with Crippen LogP contribution in [0.4, 0.5) is 5.69 Å². The summed E-state index contributed by atoms with van der Waals surface area (Å²) in [5.74, 6) is -1.56. The number of benzene rings is 2. The average Bonchev–Trinajstić information content (AvgIpc) is 3.53. The number of nitrogens with one attached hydrogen (secondary N) is 2. The summed E-state index contributed by atoms with van der Waals surface area (Å²) in [4.78, 5) is 44.9. The predicted octanol–water partition coefficient (Wildman–Crippen LogP) is 4.14. The molecule has 1 aliphatic carbocycles. The van der Waals surface area contributed by atoms with Crippen LogP contribution in [0.5, 0.6) is 0 Å². The van der Waals surface area contributed by atoms with E-state index in [2.05, 4.69) is 14.7 Å². The summed E-state index contributed by atoms with van der Waals surface area (Å²) in [5.41, 5.74) is 13.7. The molecule has 1 unspecified atom stereocenters. The van der Waals surface area contributed by atoms with E-state index in [0.29, 0.717) is 5.56 Å². The number of hydrogen-bond donors (Lipinski definition) is 4. The number of amides is 3. The molecule has 38 heavy (non-hydrogen) atoms. The highest BCUT2D eigenvalue weighted by Gasteiger charge is 2.37. The van der Waals surface area contributed by atoms with Gasteiger partial charge in [0.25, 0.3) is 11.8 Å². The minimum Gasteiger partial charge on any atom is -0.395 e. The Morgan fingerprint density at radius 3 is 2.47 bits per heavy atom. The molecule has 0 bridgehead atoms. The van der Waals surface area contributed by atoms with Gasteiger partial charge in [-0.25, -0.2) is 0 Å². The predicted molar refractivity (Wildman–Crippen MR) is 147 cm³/mol. The van der Waals surface area contributed by atoms with Crippen molar-refractivity contribution in [3.63, 3.8) is 0 Å². The molecule has 2 aromatic carbocycles. The molecule has 3 amide bonds. The van der Waals surface area contributed by atoms with Gasteiger partial charge in [0.1, 0.15) is 10.9 Å². The average molecular weight is 531 g/mol. The Morgan fingerprint density at radius 1 is 1.05 bits per heavy atom. The van der Waals surface area contributed by atoms with Gasteiger partial charge in [0.15, 0.2) is 5.69 Å². The van der Waals surface area contributed by atoms with Gasteiger partial charge in [0.05, 0.1) is 5.69 Å². The SMILES string of the molecule is NC(=O)c1nsc(C(=O)N(Cc2ccccc2)C(C(=O)NC2CCCCC2)c2c[nH]c3ccccc23)c1N. The largest absolute Gasteiger partial charge is 0.395 e. The van der Waals surface area contributed by atoms with Crippen LogP contribution in [0.25, 0.3) is 10.9 Å². The zero-order chi connectivity index (χ0) is 26.6. The van der Waals surface area contributed by atoms with Gasteiger partial charge in [-0.3, -0.25) is 14.4 Å². The molecule has 0 saturated heterocycles. The van der Waals surface area contributed by atoms with E-state index in [4.69, 9.17) is 11.5 Å². The van der Waals surface area contributed by atoms with Crippen molar-refractivity contribution in [1.82, 2.24) is 19.6 Å². The lowest BCUT2D eigenvalue weighted by Crippen LogP contribution is -2.46. The number of anilines is 1. The molecule has 10 heteroatoms. The summed E-state index contributed by atoms with van der Waals surface area (Å²) >= 11 is 0.811. The van der Waals surface area contributed by atoms with Gasteiger partial charge < -0.3 is 26.7 Å². The molecule has 0 radical (unpaired) electrons.